The molecule has 2 aromatic carbocycles. The van der Waals surface area contributed by atoms with Crippen molar-refractivity contribution < 1.29 is 9.53 Å². The summed E-state index contributed by atoms with van der Waals surface area (Å²) in [6, 6.07) is 13.6. The lowest BCUT2D eigenvalue weighted by Gasteiger charge is -2.11. The van der Waals surface area contributed by atoms with Crippen molar-refractivity contribution in [1.29, 1.82) is 5.26 Å². The van der Waals surface area contributed by atoms with Gasteiger partial charge in [-0.1, -0.05) is 43.4 Å². The fourth-order valence-corrected chi connectivity index (χ4v) is 4.80. The van der Waals surface area contributed by atoms with Gasteiger partial charge in [0.25, 0.3) is 0 Å². The molecule has 0 N–H and O–H groups in total. The maximum absolute atomic E-state index is 12.4. The molecule has 3 aromatic rings. The molecule has 1 heterocycles. The van der Waals surface area contributed by atoms with Crippen molar-refractivity contribution in [3.63, 3.8) is 0 Å². The van der Waals surface area contributed by atoms with E-state index < -0.39 is 0 Å². The quantitative estimate of drug-likeness (QED) is 0.532. The van der Waals surface area contributed by atoms with E-state index in [2.05, 4.69) is 16.3 Å². The zero-order valence-electron chi connectivity index (χ0n) is 17.5. The smallest absolute Gasteiger partial charge is 0.166 e. The molecule has 1 fully saturated rings. The van der Waals surface area contributed by atoms with Gasteiger partial charge in [0.15, 0.2) is 5.78 Å². The molecule has 0 spiro atoms. The minimum Gasteiger partial charge on any atom is -0.490 e. The molecule has 2 unspecified atom stereocenters. The van der Waals surface area contributed by atoms with Crippen LogP contribution in [0.4, 0.5) is 0 Å². The van der Waals surface area contributed by atoms with Crippen molar-refractivity contribution in [3.8, 4) is 33.0 Å². The van der Waals surface area contributed by atoms with Crippen LogP contribution in [0.2, 0.25) is 0 Å². The molecule has 2 atom stereocenters. The average molecular weight is 418 g/mol. The lowest BCUT2D eigenvalue weighted by molar-refractivity contribution is 0.0974. The zero-order chi connectivity index (χ0) is 21.4. The van der Waals surface area contributed by atoms with Crippen molar-refractivity contribution in [1.82, 2.24) is 10.2 Å². The van der Waals surface area contributed by atoms with E-state index in [0.717, 1.165) is 38.7 Å². The lowest BCUT2D eigenvalue weighted by Crippen LogP contribution is -2.06. The van der Waals surface area contributed by atoms with Gasteiger partial charge < -0.3 is 4.74 Å². The van der Waals surface area contributed by atoms with Crippen LogP contribution in [0.15, 0.2) is 36.4 Å². The number of nitrogens with zero attached hydrogens (tertiary/aromatic N) is 3. The highest BCUT2D eigenvalue weighted by Crippen LogP contribution is 2.58. The Labute approximate surface area is 180 Å². The molecule has 6 heteroatoms. The van der Waals surface area contributed by atoms with Gasteiger partial charge in [0.05, 0.1) is 11.7 Å². The molecule has 0 radical (unpaired) electrons. The Morgan fingerprint density at radius 1 is 1.10 bits per heavy atom. The van der Waals surface area contributed by atoms with Gasteiger partial charge in [-0.2, -0.15) is 5.26 Å². The Morgan fingerprint density at radius 2 is 1.83 bits per heavy atom. The predicted octanol–water partition coefficient (Wildman–Crippen LogP) is 5.86. The summed E-state index contributed by atoms with van der Waals surface area (Å²) in [6.45, 7) is 7.86. The highest BCUT2D eigenvalue weighted by molar-refractivity contribution is 7.18. The van der Waals surface area contributed by atoms with Gasteiger partial charge in [-0.3, -0.25) is 4.79 Å². The molecule has 0 amide bonds. The number of rotatable bonds is 4. The number of hydrogen-bond acceptors (Lipinski definition) is 6. The number of ketones is 1. The van der Waals surface area contributed by atoms with Crippen molar-refractivity contribution in [2.24, 2.45) is 5.92 Å². The van der Waals surface area contributed by atoms with Gasteiger partial charge in [-0.05, 0) is 49.9 Å². The molecule has 1 saturated carbocycles. The van der Waals surface area contributed by atoms with Gasteiger partial charge in [0.1, 0.15) is 21.8 Å². The van der Waals surface area contributed by atoms with Gasteiger partial charge >= 0.3 is 0 Å². The van der Waals surface area contributed by atoms with E-state index in [1.54, 1.807) is 6.07 Å². The number of benzene rings is 2. The maximum Gasteiger partial charge on any atom is 0.166 e. The fraction of sp³-hybridized carbons (Fsp3) is 0.333. The summed E-state index contributed by atoms with van der Waals surface area (Å²) in [4.78, 5) is 12.4. The van der Waals surface area contributed by atoms with Gasteiger partial charge in [-0.25, -0.2) is 0 Å². The van der Waals surface area contributed by atoms with Crippen LogP contribution in [0, 0.1) is 17.2 Å². The Bertz CT molecular complexity index is 1160. The highest BCUT2D eigenvalue weighted by Gasteiger charge is 2.52. The molecular weight excluding hydrogens is 394 g/mol. The second-order valence-electron chi connectivity index (χ2n) is 7.48. The van der Waals surface area contributed by atoms with Gasteiger partial charge in [0, 0.05) is 22.6 Å². The third-order valence-electron chi connectivity index (χ3n) is 5.23. The second kappa shape index (κ2) is 8.00. The van der Waals surface area contributed by atoms with Crippen molar-refractivity contribution in [2.45, 2.75) is 46.1 Å². The highest BCUT2D eigenvalue weighted by atomic mass is 32.1. The molecule has 0 saturated heterocycles. The van der Waals surface area contributed by atoms with Gasteiger partial charge in [0.2, 0.25) is 0 Å². The maximum atomic E-state index is 12.4. The van der Waals surface area contributed by atoms with Crippen LogP contribution in [0.3, 0.4) is 0 Å². The molecule has 5 rings (SSSR count). The van der Waals surface area contributed by atoms with E-state index in [9.17, 15) is 10.1 Å². The minimum absolute atomic E-state index is 0.000202. The van der Waals surface area contributed by atoms with E-state index in [4.69, 9.17) is 4.74 Å². The van der Waals surface area contributed by atoms with Crippen molar-refractivity contribution in [3.05, 3.63) is 53.1 Å². The first-order chi connectivity index (χ1) is 14.6. The monoisotopic (exact) mass is 417 g/mol. The number of Topliss-reactive ketones (excluding diaryl/α,β-unsaturated/α-hetero) is 1. The SMILES string of the molecule is CC.CC(C)Oc1ccc(-c2nnc(-c3cccc4c3C3CC3C4=O)s2)cc1C#N. The largest absolute Gasteiger partial charge is 0.490 e. The number of aromatic nitrogens is 2. The van der Waals surface area contributed by atoms with Crippen LogP contribution in [-0.4, -0.2) is 22.1 Å². The van der Waals surface area contributed by atoms with E-state index >= 15 is 0 Å². The number of carbonyl (C=O) groups is 1. The number of hydrogen-bond donors (Lipinski definition) is 0. The van der Waals surface area contributed by atoms with E-state index in [1.165, 1.54) is 11.3 Å². The first-order valence-electron chi connectivity index (χ1n) is 10.3. The lowest BCUT2D eigenvalue weighted by atomic mass is 10.00. The van der Waals surface area contributed by atoms with Crippen LogP contribution in [0.5, 0.6) is 5.75 Å². The third-order valence-corrected chi connectivity index (χ3v) is 6.24. The Kier molecular flexibility index (Phi) is 5.40. The van der Waals surface area contributed by atoms with Crippen LogP contribution >= 0.6 is 11.3 Å². The van der Waals surface area contributed by atoms with Gasteiger partial charge in [-0.15, -0.1) is 10.2 Å². The summed E-state index contributed by atoms with van der Waals surface area (Å²) in [5.41, 5.74) is 4.32. The molecule has 0 aliphatic heterocycles. The summed E-state index contributed by atoms with van der Waals surface area (Å²) >= 11 is 1.48. The number of fused-ring (bicyclic) bond motifs is 3. The first-order valence-corrected chi connectivity index (χ1v) is 11.1. The molecule has 0 bridgehead atoms. The zero-order valence-corrected chi connectivity index (χ0v) is 18.3. The summed E-state index contributed by atoms with van der Waals surface area (Å²) in [6.07, 6.45) is 0.956. The van der Waals surface area contributed by atoms with E-state index in [-0.39, 0.29) is 17.8 Å². The Morgan fingerprint density at radius 3 is 2.57 bits per heavy atom. The molecule has 152 valence electrons. The van der Waals surface area contributed by atoms with Crippen LogP contribution < -0.4 is 4.74 Å². The second-order valence-corrected chi connectivity index (χ2v) is 8.46. The predicted molar refractivity (Wildman–Crippen MR) is 118 cm³/mol. The standard InChI is InChI=1S/C22H17N3O2S.C2H6/c1-11(2)27-18-7-6-12(8-13(18)10-23)21-24-25-22(28-21)15-5-3-4-14-19(15)16-9-17(16)20(14)26;1-2/h3-8,11,16-17H,9H2,1-2H3;1-2H3. The van der Waals surface area contributed by atoms with Crippen LogP contribution in [0.25, 0.3) is 21.1 Å². The Balaban J connectivity index is 0.00000106. The van der Waals surface area contributed by atoms with Crippen LogP contribution in [0.1, 0.15) is 61.5 Å². The molecule has 5 nitrogen and oxygen atoms in total. The summed E-state index contributed by atoms with van der Waals surface area (Å²) in [5.74, 6) is 1.37. The Hall–Kier alpha value is -3.04. The summed E-state index contributed by atoms with van der Waals surface area (Å²) in [5, 5.41) is 19.7. The van der Waals surface area contributed by atoms with E-state index in [0.29, 0.717) is 17.2 Å². The van der Waals surface area contributed by atoms with Crippen molar-refractivity contribution in [2.75, 3.05) is 0 Å². The topological polar surface area (TPSA) is 75.9 Å². The number of ether oxygens (including phenoxy) is 1. The molecule has 2 aliphatic rings. The average Bonchev–Trinajstić information content (AvgIpc) is 3.31. The number of carbonyl (C=O) groups excluding carboxylic acids is 1. The number of nitriles is 1. The normalized spacial score (nSPS) is 18.2. The molecule has 1 aromatic heterocycles. The minimum atomic E-state index is 0.000202. The fourth-order valence-electron chi connectivity index (χ4n) is 3.93. The first kappa shape index (κ1) is 20.2. The van der Waals surface area contributed by atoms with Crippen LogP contribution in [-0.2, 0) is 0 Å². The summed E-state index contributed by atoms with van der Waals surface area (Å²) in [7, 11) is 0. The molecular formula is C24H23N3O2S. The third kappa shape index (κ3) is 3.40. The van der Waals surface area contributed by atoms with E-state index in [1.807, 2.05) is 58.0 Å². The summed E-state index contributed by atoms with van der Waals surface area (Å²) < 4.78 is 5.69. The van der Waals surface area contributed by atoms with Crippen molar-refractivity contribution >= 4 is 17.1 Å². The molecule has 2 aliphatic carbocycles. The molecule has 30 heavy (non-hydrogen) atoms.